The van der Waals surface area contributed by atoms with E-state index in [2.05, 4.69) is 36.3 Å². The number of nitrogens with one attached hydrogen (secondary N) is 1. The van der Waals surface area contributed by atoms with Crippen LogP contribution in [0.15, 0.2) is 0 Å². The summed E-state index contributed by atoms with van der Waals surface area (Å²) in [5.74, 6) is 1.60. The van der Waals surface area contributed by atoms with Gasteiger partial charge in [-0.2, -0.15) is 0 Å². The number of anilines is 1. The van der Waals surface area contributed by atoms with Crippen molar-refractivity contribution in [3.8, 4) is 0 Å². The predicted molar refractivity (Wildman–Crippen MR) is 82.7 cm³/mol. The van der Waals surface area contributed by atoms with Crippen LogP contribution in [0, 0.1) is 11.8 Å². The van der Waals surface area contributed by atoms with Gasteiger partial charge in [-0.25, -0.2) is 0 Å². The molecular weight excluding hydrogens is 254 g/mol. The molecule has 1 saturated carbocycles. The zero-order chi connectivity index (χ0) is 13.7. The van der Waals surface area contributed by atoms with Crippen LogP contribution in [0.2, 0.25) is 0 Å². The number of aromatic nitrogens is 2. The SMILES string of the molecule is CCC1CCCC(Nc2nnc(CC(C)C)s2)CC1. The third-order valence-corrected chi connectivity index (χ3v) is 4.92. The van der Waals surface area contributed by atoms with Crippen LogP contribution in [0.4, 0.5) is 5.13 Å². The Balaban J connectivity index is 1.85. The van der Waals surface area contributed by atoms with E-state index >= 15 is 0 Å². The molecule has 4 heteroatoms. The molecule has 1 aromatic heterocycles. The summed E-state index contributed by atoms with van der Waals surface area (Å²) in [4.78, 5) is 0. The Kier molecular flexibility index (Phi) is 5.61. The summed E-state index contributed by atoms with van der Waals surface area (Å²) in [6, 6.07) is 0.608. The van der Waals surface area contributed by atoms with Crippen LogP contribution in [0.25, 0.3) is 0 Å². The van der Waals surface area contributed by atoms with Gasteiger partial charge in [-0.15, -0.1) is 10.2 Å². The first-order chi connectivity index (χ1) is 9.17. The highest BCUT2D eigenvalue weighted by atomic mass is 32.1. The summed E-state index contributed by atoms with van der Waals surface area (Å²) in [5, 5.41) is 14.4. The third-order valence-electron chi connectivity index (χ3n) is 4.04. The van der Waals surface area contributed by atoms with E-state index < -0.39 is 0 Å². The topological polar surface area (TPSA) is 37.8 Å². The largest absolute Gasteiger partial charge is 0.357 e. The molecule has 2 rings (SSSR count). The number of hydrogen-bond donors (Lipinski definition) is 1. The molecule has 3 nitrogen and oxygen atoms in total. The van der Waals surface area contributed by atoms with Crippen LogP contribution in [0.5, 0.6) is 0 Å². The normalized spacial score (nSPS) is 24.4. The molecule has 19 heavy (non-hydrogen) atoms. The van der Waals surface area contributed by atoms with Crippen molar-refractivity contribution in [3.63, 3.8) is 0 Å². The lowest BCUT2D eigenvalue weighted by Gasteiger charge is -2.15. The first kappa shape index (κ1) is 14.8. The zero-order valence-electron chi connectivity index (χ0n) is 12.5. The zero-order valence-corrected chi connectivity index (χ0v) is 13.3. The molecule has 0 amide bonds. The maximum atomic E-state index is 4.29. The van der Waals surface area contributed by atoms with Crippen molar-refractivity contribution in [1.82, 2.24) is 10.2 Å². The Hall–Kier alpha value is -0.640. The summed E-state index contributed by atoms with van der Waals surface area (Å²) in [6.07, 6.45) is 9.09. The van der Waals surface area contributed by atoms with E-state index in [1.54, 1.807) is 11.3 Å². The smallest absolute Gasteiger partial charge is 0.205 e. The van der Waals surface area contributed by atoms with Crippen molar-refractivity contribution in [2.75, 3.05) is 5.32 Å². The van der Waals surface area contributed by atoms with E-state index in [-0.39, 0.29) is 0 Å². The lowest BCUT2D eigenvalue weighted by molar-refractivity contribution is 0.444. The number of rotatable bonds is 5. The maximum absolute atomic E-state index is 4.29. The molecule has 1 aliphatic carbocycles. The van der Waals surface area contributed by atoms with Crippen LogP contribution in [0.3, 0.4) is 0 Å². The summed E-state index contributed by atoms with van der Waals surface area (Å²) in [6.45, 7) is 6.77. The molecule has 108 valence electrons. The molecule has 1 aromatic rings. The van der Waals surface area contributed by atoms with Crippen LogP contribution in [-0.4, -0.2) is 16.2 Å². The molecule has 0 aromatic carbocycles. The third kappa shape index (κ3) is 4.75. The predicted octanol–water partition coefficient (Wildman–Crippen LogP) is 4.51. The first-order valence-electron chi connectivity index (χ1n) is 7.76. The minimum atomic E-state index is 0.608. The van der Waals surface area contributed by atoms with Gasteiger partial charge in [0.15, 0.2) is 0 Å². The molecule has 0 bridgehead atoms. The Labute approximate surface area is 121 Å². The molecular formula is C15H27N3S. The highest BCUT2D eigenvalue weighted by molar-refractivity contribution is 7.15. The van der Waals surface area contributed by atoms with Gasteiger partial charge in [-0.1, -0.05) is 51.4 Å². The highest BCUT2D eigenvalue weighted by Gasteiger charge is 2.18. The highest BCUT2D eigenvalue weighted by Crippen LogP contribution is 2.28. The second kappa shape index (κ2) is 7.22. The molecule has 0 spiro atoms. The summed E-state index contributed by atoms with van der Waals surface area (Å²) in [7, 11) is 0. The second-order valence-corrected chi connectivity index (χ2v) is 7.28. The molecule has 1 N–H and O–H groups in total. The molecule has 0 saturated heterocycles. The Bertz CT molecular complexity index is 375. The molecule has 1 aliphatic rings. The average molecular weight is 281 g/mol. The quantitative estimate of drug-likeness (QED) is 0.807. The van der Waals surface area contributed by atoms with Crippen LogP contribution < -0.4 is 5.32 Å². The van der Waals surface area contributed by atoms with Crippen molar-refractivity contribution in [2.45, 2.75) is 71.8 Å². The maximum Gasteiger partial charge on any atom is 0.205 e. The molecule has 1 fully saturated rings. The van der Waals surface area contributed by atoms with Crippen LogP contribution in [0.1, 0.15) is 64.3 Å². The van der Waals surface area contributed by atoms with Crippen LogP contribution in [-0.2, 0) is 6.42 Å². The van der Waals surface area contributed by atoms with Gasteiger partial charge in [0.2, 0.25) is 5.13 Å². The fraction of sp³-hybridized carbons (Fsp3) is 0.867. The van der Waals surface area contributed by atoms with E-state index in [1.165, 1.54) is 38.5 Å². The molecule has 2 unspecified atom stereocenters. The van der Waals surface area contributed by atoms with E-state index in [9.17, 15) is 0 Å². The lowest BCUT2D eigenvalue weighted by atomic mass is 9.98. The first-order valence-corrected chi connectivity index (χ1v) is 8.58. The molecule has 2 atom stereocenters. The standard InChI is InChI=1S/C15H27N3S/c1-4-12-6-5-7-13(9-8-12)16-15-18-17-14(19-15)10-11(2)3/h11-13H,4-10H2,1-3H3,(H,16,18). The van der Waals surface area contributed by atoms with Gasteiger partial charge in [0.05, 0.1) is 0 Å². The van der Waals surface area contributed by atoms with E-state index in [0.717, 1.165) is 22.5 Å². The van der Waals surface area contributed by atoms with E-state index in [0.29, 0.717) is 12.0 Å². The fourth-order valence-electron chi connectivity index (χ4n) is 2.85. The van der Waals surface area contributed by atoms with Crippen molar-refractivity contribution in [1.29, 1.82) is 0 Å². The molecule has 0 radical (unpaired) electrons. The van der Waals surface area contributed by atoms with Gasteiger partial charge >= 0.3 is 0 Å². The van der Waals surface area contributed by atoms with Crippen molar-refractivity contribution in [2.24, 2.45) is 11.8 Å². The number of nitrogens with zero attached hydrogens (tertiary/aromatic N) is 2. The monoisotopic (exact) mass is 281 g/mol. The van der Waals surface area contributed by atoms with E-state index in [1.807, 2.05) is 0 Å². The summed E-state index contributed by atoms with van der Waals surface area (Å²) < 4.78 is 0. The average Bonchev–Trinajstić information content (AvgIpc) is 2.66. The van der Waals surface area contributed by atoms with Crippen molar-refractivity contribution in [3.05, 3.63) is 5.01 Å². The lowest BCUT2D eigenvalue weighted by Crippen LogP contribution is -2.18. The molecule has 0 aliphatic heterocycles. The van der Waals surface area contributed by atoms with Crippen LogP contribution >= 0.6 is 11.3 Å². The second-order valence-electron chi connectivity index (χ2n) is 6.22. The summed E-state index contributed by atoms with van der Waals surface area (Å²) >= 11 is 1.73. The van der Waals surface area contributed by atoms with Gasteiger partial charge in [0.25, 0.3) is 0 Å². The van der Waals surface area contributed by atoms with E-state index in [4.69, 9.17) is 0 Å². The Morgan fingerprint density at radius 3 is 2.79 bits per heavy atom. The van der Waals surface area contributed by atoms with Crippen molar-refractivity contribution < 1.29 is 0 Å². The van der Waals surface area contributed by atoms with Gasteiger partial charge in [0, 0.05) is 12.5 Å². The Morgan fingerprint density at radius 2 is 2.05 bits per heavy atom. The fourth-order valence-corrected chi connectivity index (χ4v) is 3.88. The summed E-state index contributed by atoms with van der Waals surface area (Å²) in [5.41, 5.74) is 0. The number of hydrogen-bond acceptors (Lipinski definition) is 4. The van der Waals surface area contributed by atoms with Gasteiger partial charge in [-0.05, 0) is 31.1 Å². The van der Waals surface area contributed by atoms with Gasteiger partial charge in [0.1, 0.15) is 5.01 Å². The van der Waals surface area contributed by atoms with Gasteiger partial charge in [-0.3, -0.25) is 0 Å². The minimum absolute atomic E-state index is 0.608. The minimum Gasteiger partial charge on any atom is -0.357 e. The van der Waals surface area contributed by atoms with Gasteiger partial charge < -0.3 is 5.32 Å². The Morgan fingerprint density at radius 1 is 1.21 bits per heavy atom. The molecule has 1 heterocycles. The van der Waals surface area contributed by atoms with Crippen molar-refractivity contribution >= 4 is 16.5 Å².